The Bertz CT molecular complexity index is 680. The van der Waals surface area contributed by atoms with E-state index in [0.29, 0.717) is 12.5 Å². The largest absolute Gasteiger partial charge is 0.497 e. The van der Waals surface area contributed by atoms with Gasteiger partial charge >= 0.3 is 0 Å². The lowest BCUT2D eigenvalue weighted by Crippen LogP contribution is -2.31. The van der Waals surface area contributed by atoms with Gasteiger partial charge < -0.3 is 9.64 Å². The Labute approximate surface area is 168 Å². The van der Waals surface area contributed by atoms with E-state index in [9.17, 15) is 0 Å². The number of anilines is 1. The zero-order valence-corrected chi connectivity index (χ0v) is 18.1. The maximum Gasteiger partial charge on any atom is 0.208 e. The molecule has 0 fully saturated rings. The molecule has 0 unspecified atom stereocenters. The van der Waals surface area contributed by atoms with E-state index in [1.165, 1.54) is 0 Å². The van der Waals surface area contributed by atoms with Gasteiger partial charge in [0.25, 0.3) is 0 Å². The van der Waals surface area contributed by atoms with Gasteiger partial charge in [-0.05, 0) is 32.3 Å². The van der Waals surface area contributed by atoms with E-state index < -0.39 is 0 Å². The molecule has 1 aromatic carbocycles. The summed E-state index contributed by atoms with van der Waals surface area (Å²) >= 11 is 1.64. The first kappa shape index (κ1) is 22.9. The Morgan fingerprint density at radius 1 is 1.26 bits per heavy atom. The normalized spacial score (nSPS) is 11.0. The van der Waals surface area contributed by atoms with Crippen LogP contribution in [0.4, 0.5) is 5.13 Å². The molecule has 2 rings (SSSR count). The monoisotopic (exact) mass is 387 g/mol. The summed E-state index contributed by atoms with van der Waals surface area (Å²) in [4.78, 5) is 2.27. The van der Waals surface area contributed by atoms with E-state index in [1.807, 2.05) is 32.0 Å². The summed E-state index contributed by atoms with van der Waals surface area (Å²) in [5.41, 5.74) is 1.11. The number of ether oxygens (including phenoxy) is 1. The Morgan fingerprint density at radius 3 is 2.52 bits per heavy atom. The van der Waals surface area contributed by atoms with Gasteiger partial charge in [-0.2, -0.15) is 0 Å². The molecule has 1 aromatic heterocycles. The van der Waals surface area contributed by atoms with Gasteiger partial charge in [-0.3, -0.25) is 0 Å². The molecule has 0 amide bonds. The van der Waals surface area contributed by atoms with Crippen molar-refractivity contribution in [2.75, 3.05) is 24.6 Å². The van der Waals surface area contributed by atoms with E-state index in [1.54, 1.807) is 17.4 Å². The molecule has 0 atom stereocenters. The number of hydrogen-bond acceptors (Lipinski definition) is 5. The molecule has 0 radical (unpaired) electrons. The van der Waals surface area contributed by atoms with E-state index in [4.69, 9.17) is 4.74 Å². The van der Waals surface area contributed by atoms with Crippen molar-refractivity contribution in [2.24, 2.45) is 5.92 Å². The number of nitrogens with zero attached hydrogens (tertiary/aromatic N) is 3. The predicted molar refractivity (Wildman–Crippen MR) is 118 cm³/mol. The van der Waals surface area contributed by atoms with Gasteiger partial charge in [0.15, 0.2) is 0 Å². The van der Waals surface area contributed by atoms with Crippen molar-refractivity contribution in [3.05, 3.63) is 54.8 Å². The van der Waals surface area contributed by atoms with Crippen molar-refractivity contribution in [3.8, 4) is 10.6 Å². The van der Waals surface area contributed by atoms with Crippen LogP contribution in [0.2, 0.25) is 0 Å². The third-order valence-electron chi connectivity index (χ3n) is 3.47. The average Bonchev–Trinajstić information content (AvgIpc) is 3.12. The van der Waals surface area contributed by atoms with Crippen LogP contribution in [0.15, 0.2) is 54.8 Å². The molecule has 0 spiro atoms. The molecule has 5 heteroatoms. The molecule has 1 heterocycles. The molecule has 0 aliphatic rings. The molecule has 0 saturated heterocycles. The Kier molecular flexibility index (Phi) is 11.1. The van der Waals surface area contributed by atoms with Crippen LogP contribution in [0.3, 0.4) is 0 Å². The lowest BCUT2D eigenvalue weighted by Gasteiger charge is -2.23. The fourth-order valence-electron chi connectivity index (χ4n) is 2.41. The quantitative estimate of drug-likeness (QED) is 0.380. The summed E-state index contributed by atoms with van der Waals surface area (Å²) in [5.74, 6) is 1.55. The van der Waals surface area contributed by atoms with Crippen molar-refractivity contribution in [1.29, 1.82) is 0 Å². The highest BCUT2D eigenvalue weighted by atomic mass is 32.1. The highest BCUT2D eigenvalue weighted by molar-refractivity contribution is 7.18. The van der Waals surface area contributed by atoms with Crippen molar-refractivity contribution >= 4 is 16.5 Å². The summed E-state index contributed by atoms with van der Waals surface area (Å²) in [5, 5.41) is 10.7. The molecule has 0 saturated carbocycles. The van der Waals surface area contributed by atoms with Crippen LogP contribution in [0.5, 0.6) is 0 Å². The summed E-state index contributed by atoms with van der Waals surface area (Å²) in [6, 6.07) is 10.2. The van der Waals surface area contributed by atoms with Crippen LogP contribution in [0, 0.1) is 5.92 Å². The van der Waals surface area contributed by atoms with Crippen LogP contribution >= 0.6 is 11.3 Å². The highest BCUT2D eigenvalue weighted by Crippen LogP contribution is 2.28. The lowest BCUT2D eigenvalue weighted by atomic mass is 10.2. The number of rotatable bonds is 9. The first-order valence-electron chi connectivity index (χ1n) is 9.52. The second-order valence-electron chi connectivity index (χ2n) is 6.58. The first-order valence-corrected chi connectivity index (χ1v) is 10.3. The predicted octanol–water partition coefficient (Wildman–Crippen LogP) is 6.19. The smallest absolute Gasteiger partial charge is 0.208 e. The van der Waals surface area contributed by atoms with Gasteiger partial charge in [-0.25, -0.2) is 0 Å². The fourth-order valence-corrected chi connectivity index (χ4v) is 3.29. The standard InChI is InChI=1S/C19H27N3OS.C3H6/c1-5-9-16(4)23-13-12-22(14-15(2)3)19-21-20-18(24-19)17-10-7-6-8-11-17;1-3-2/h6-11,15H,5,12-14H2,1-4H3;3H,1H2,2H3/b16-9+;. The van der Waals surface area contributed by atoms with Crippen LogP contribution in [-0.2, 0) is 4.74 Å². The van der Waals surface area contributed by atoms with Gasteiger partial charge in [-0.15, -0.1) is 16.8 Å². The van der Waals surface area contributed by atoms with E-state index in [0.717, 1.165) is 41.0 Å². The van der Waals surface area contributed by atoms with Crippen molar-refractivity contribution in [1.82, 2.24) is 10.2 Å². The molecule has 0 N–H and O–H groups in total. The van der Waals surface area contributed by atoms with Gasteiger partial charge in [0.05, 0.1) is 12.3 Å². The third-order valence-corrected chi connectivity index (χ3v) is 4.51. The minimum absolute atomic E-state index is 0.557. The maximum absolute atomic E-state index is 5.78. The van der Waals surface area contributed by atoms with Crippen LogP contribution in [0.1, 0.15) is 41.0 Å². The zero-order chi connectivity index (χ0) is 20.1. The van der Waals surface area contributed by atoms with Gasteiger partial charge in [0, 0.05) is 12.1 Å². The SMILES string of the molecule is C=CC.CC/C=C(\C)OCCN(CC(C)C)c1nnc(-c2ccccc2)s1. The van der Waals surface area contributed by atoms with E-state index in [-0.39, 0.29) is 0 Å². The van der Waals surface area contributed by atoms with Crippen LogP contribution in [0.25, 0.3) is 10.6 Å². The summed E-state index contributed by atoms with van der Waals surface area (Å²) in [7, 11) is 0. The summed E-state index contributed by atoms with van der Waals surface area (Å²) in [6.07, 6.45) is 4.85. The molecule has 0 bridgehead atoms. The van der Waals surface area contributed by atoms with Crippen molar-refractivity contribution < 1.29 is 4.74 Å². The molecule has 148 valence electrons. The van der Waals surface area contributed by atoms with Crippen molar-refractivity contribution in [2.45, 2.75) is 41.0 Å². The summed E-state index contributed by atoms with van der Waals surface area (Å²) < 4.78 is 5.78. The third kappa shape index (κ3) is 8.87. The average molecular weight is 388 g/mol. The molecular weight excluding hydrogens is 354 g/mol. The van der Waals surface area contributed by atoms with E-state index in [2.05, 4.69) is 60.7 Å². The molecule has 0 aliphatic carbocycles. The molecular formula is C22H33N3OS. The van der Waals surface area contributed by atoms with Gasteiger partial charge in [0.1, 0.15) is 11.6 Å². The fraction of sp³-hybridized carbons (Fsp3) is 0.455. The second kappa shape index (κ2) is 13.1. The summed E-state index contributed by atoms with van der Waals surface area (Å²) in [6.45, 7) is 16.2. The van der Waals surface area contributed by atoms with E-state index >= 15 is 0 Å². The molecule has 4 nitrogen and oxygen atoms in total. The number of aromatic nitrogens is 2. The van der Waals surface area contributed by atoms with Gasteiger partial charge in [-0.1, -0.05) is 68.5 Å². The lowest BCUT2D eigenvalue weighted by molar-refractivity contribution is 0.218. The van der Waals surface area contributed by atoms with Gasteiger partial charge in [0.2, 0.25) is 5.13 Å². The minimum atomic E-state index is 0.557. The Balaban J connectivity index is 0.00000114. The van der Waals surface area contributed by atoms with Crippen LogP contribution < -0.4 is 4.90 Å². The van der Waals surface area contributed by atoms with Crippen LogP contribution in [-0.4, -0.2) is 29.9 Å². The maximum atomic E-state index is 5.78. The topological polar surface area (TPSA) is 38.2 Å². The minimum Gasteiger partial charge on any atom is -0.497 e. The molecule has 2 aromatic rings. The highest BCUT2D eigenvalue weighted by Gasteiger charge is 2.15. The Hall–Kier alpha value is -2.14. The Morgan fingerprint density at radius 2 is 1.93 bits per heavy atom. The number of hydrogen-bond donors (Lipinski definition) is 0. The number of benzene rings is 1. The molecule has 0 aliphatic heterocycles. The van der Waals surface area contributed by atoms with Crippen molar-refractivity contribution in [3.63, 3.8) is 0 Å². The zero-order valence-electron chi connectivity index (χ0n) is 17.3. The first-order chi connectivity index (χ1) is 13.0. The number of allylic oxidation sites excluding steroid dienone is 3. The second-order valence-corrected chi connectivity index (χ2v) is 7.53. The molecule has 27 heavy (non-hydrogen) atoms.